The van der Waals surface area contributed by atoms with Crippen molar-refractivity contribution in [1.29, 1.82) is 5.26 Å². The number of nitrogens with zero attached hydrogens (tertiary/aromatic N) is 1. The lowest BCUT2D eigenvalue weighted by Crippen LogP contribution is -2.25. The first-order valence-electron chi connectivity index (χ1n) is 9.48. The summed E-state index contributed by atoms with van der Waals surface area (Å²) in [4.78, 5) is 11.4. The second kappa shape index (κ2) is 10.4. The van der Waals surface area contributed by atoms with Crippen molar-refractivity contribution in [1.82, 2.24) is 5.32 Å². The number of nitriles is 1. The van der Waals surface area contributed by atoms with Gasteiger partial charge in [-0.2, -0.15) is 5.26 Å². The van der Waals surface area contributed by atoms with E-state index in [1.807, 2.05) is 48.5 Å². The molecule has 0 unspecified atom stereocenters. The highest BCUT2D eigenvalue weighted by atomic mass is 16.5. The molecule has 28 heavy (non-hydrogen) atoms. The Morgan fingerprint density at radius 3 is 2.29 bits per heavy atom. The van der Waals surface area contributed by atoms with E-state index in [9.17, 15) is 4.79 Å². The van der Waals surface area contributed by atoms with Gasteiger partial charge in [0.25, 0.3) is 0 Å². The van der Waals surface area contributed by atoms with Gasteiger partial charge in [-0.25, -0.2) is 0 Å². The number of carbonyl (C=O) groups is 1. The number of nitrogens with one attached hydrogen (secondary N) is 1. The lowest BCUT2D eigenvalue weighted by atomic mass is 9.86. The third-order valence-corrected chi connectivity index (χ3v) is 4.22. The Morgan fingerprint density at radius 1 is 1.00 bits per heavy atom. The largest absolute Gasteiger partial charge is 0.490 e. The highest BCUT2D eigenvalue weighted by Gasteiger charge is 2.18. The molecule has 2 aromatic carbocycles. The van der Waals surface area contributed by atoms with E-state index in [0.717, 1.165) is 17.1 Å². The molecule has 148 valence electrons. The second-order valence-electron chi connectivity index (χ2n) is 7.49. The predicted molar refractivity (Wildman–Crippen MR) is 110 cm³/mol. The SMILES string of the molecule is CC(C)(C)c1ccccc1OCCOc1ccccc1CCNC(=O)CC#N. The van der Waals surface area contributed by atoms with Crippen LogP contribution in [-0.2, 0) is 16.6 Å². The summed E-state index contributed by atoms with van der Waals surface area (Å²) in [6, 6.07) is 17.7. The number of hydrogen-bond donors (Lipinski definition) is 1. The van der Waals surface area contributed by atoms with E-state index in [1.54, 1.807) is 0 Å². The van der Waals surface area contributed by atoms with E-state index in [0.29, 0.717) is 26.2 Å². The maximum Gasteiger partial charge on any atom is 0.234 e. The zero-order valence-corrected chi connectivity index (χ0v) is 16.8. The molecular weight excluding hydrogens is 352 g/mol. The summed E-state index contributed by atoms with van der Waals surface area (Å²) in [6.07, 6.45) is 0.520. The van der Waals surface area contributed by atoms with Crippen LogP contribution in [0.1, 0.15) is 38.3 Å². The first-order valence-corrected chi connectivity index (χ1v) is 9.48. The number of para-hydroxylation sites is 2. The van der Waals surface area contributed by atoms with Crippen molar-refractivity contribution in [2.75, 3.05) is 19.8 Å². The van der Waals surface area contributed by atoms with Crippen LogP contribution in [0.25, 0.3) is 0 Å². The molecule has 0 aliphatic rings. The number of benzene rings is 2. The van der Waals surface area contributed by atoms with Gasteiger partial charge in [-0.1, -0.05) is 57.2 Å². The molecule has 5 nitrogen and oxygen atoms in total. The normalized spacial score (nSPS) is 10.8. The van der Waals surface area contributed by atoms with E-state index >= 15 is 0 Å². The van der Waals surface area contributed by atoms with Crippen molar-refractivity contribution in [3.8, 4) is 17.6 Å². The number of hydrogen-bond acceptors (Lipinski definition) is 4. The maximum absolute atomic E-state index is 11.4. The first kappa shape index (κ1) is 21.3. The molecule has 2 rings (SSSR count). The highest BCUT2D eigenvalue weighted by Crippen LogP contribution is 2.30. The van der Waals surface area contributed by atoms with Crippen LogP contribution in [0.3, 0.4) is 0 Å². The lowest BCUT2D eigenvalue weighted by Gasteiger charge is -2.22. The molecule has 0 saturated heterocycles. The summed E-state index contributed by atoms with van der Waals surface area (Å²) in [5.74, 6) is 1.41. The van der Waals surface area contributed by atoms with Gasteiger partial charge in [0, 0.05) is 6.54 Å². The van der Waals surface area contributed by atoms with Crippen LogP contribution in [0.2, 0.25) is 0 Å². The molecule has 5 heteroatoms. The van der Waals surface area contributed by atoms with E-state index in [2.05, 4.69) is 32.2 Å². The number of rotatable bonds is 9. The Hall–Kier alpha value is -3.00. The molecule has 0 spiro atoms. The second-order valence-corrected chi connectivity index (χ2v) is 7.49. The molecule has 0 heterocycles. The molecule has 0 fully saturated rings. The summed E-state index contributed by atoms with van der Waals surface area (Å²) in [5, 5.41) is 11.2. The Bertz CT molecular complexity index is 819. The Balaban J connectivity index is 1.86. The van der Waals surface area contributed by atoms with Gasteiger partial charge in [0.05, 0.1) is 6.07 Å². The number of carbonyl (C=O) groups excluding carboxylic acids is 1. The summed E-state index contributed by atoms with van der Waals surface area (Å²) in [7, 11) is 0. The van der Waals surface area contributed by atoms with Gasteiger partial charge >= 0.3 is 0 Å². The van der Waals surface area contributed by atoms with Crippen LogP contribution < -0.4 is 14.8 Å². The highest BCUT2D eigenvalue weighted by molar-refractivity contribution is 5.77. The quantitative estimate of drug-likeness (QED) is 0.667. The van der Waals surface area contributed by atoms with Crippen LogP contribution in [0, 0.1) is 11.3 Å². The minimum absolute atomic E-state index is 0.0139. The van der Waals surface area contributed by atoms with Crippen LogP contribution in [0.15, 0.2) is 48.5 Å². The average molecular weight is 380 g/mol. The zero-order chi connectivity index (χ0) is 20.4. The summed E-state index contributed by atoms with van der Waals surface area (Å²) < 4.78 is 11.9. The molecule has 0 aromatic heterocycles. The molecule has 0 aliphatic heterocycles. The van der Waals surface area contributed by atoms with Crippen molar-refractivity contribution in [2.45, 2.75) is 39.0 Å². The van der Waals surface area contributed by atoms with Crippen molar-refractivity contribution in [3.05, 3.63) is 59.7 Å². The van der Waals surface area contributed by atoms with Gasteiger partial charge in [-0.05, 0) is 35.1 Å². The Kier molecular flexibility index (Phi) is 7.88. The van der Waals surface area contributed by atoms with Crippen LogP contribution in [-0.4, -0.2) is 25.7 Å². The molecular formula is C23H28N2O3. The van der Waals surface area contributed by atoms with Gasteiger partial charge in [0.2, 0.25) is 5.91 Å². The van der Waals surface area contributed by atoms with Crippen molar-refractivity contribution in [2.24, 2.45) is 0 Å². The van der Waals surface area contributed by atoms with Crippen molar-refractivity contribution < 1.29 is 14.3 Å². The molecule has 0 atom stereocenters. The average Bonchev–Trinajstić information content (AvgIpc) is 2.66. The number of amides is 1. The van der Waals surface area contributed by atoms with Crippen LogP contribution in [0.5, 0.6) is 11.5 Å². The van der Waals surface area contributed by atoms with Gasteiger partial charge in [0.15, 0.2) is 0 Å². The van der Waals surface area contributed by atoms with E-state index < -0.39 is 0 Å². The van der Waals surface area contributed by atoms with Crippen molar-refractivity contribution >= 4 is 5.91 Å². The molecule has 1 amide bonds. The topological polar surface area (TPSA) is 71.3 Å². The van der Waals surface area contributed by atoms with E-state index in [-0.39, 0.29) is 17.7 Å². The number of ether oxygens (including phenoxy) is 2. The van der Waals surface area contributed by atoms with Gasteiger partial charge in [-0.3, -0.25) is 4.79 Å². The minimum atomic E-state index is -0.258. The third kappa shape index (κ3) is 6.62. The van der Waals surface area contributed by atoms with E-state index in [4.69, 9.17) is 14.7 Å². The smallest absolute Gasteiger partial charge is 0.234 e. The van der Waals surface area contributed by atoms with Crippen LogP contribution in [0.4, 0.5) is 0 Å². The predicted octanol–water partition coefficient (Wildman–Crippen LogP) is 4.01. The monoisotopic (exact) mass is 380 g/mol. The molecule has 0 bridgehead atoms. The van der Waals surface area contributed by atoms with Gasteiger partial charge < -0.3 is 14.8 Å². The van der Waals surface area contributed by atoms with Crippen molar-refractivity contribution in [3.63, 3.8) is 0 Å². The minimum Gasteiger partial charge on any atom is -0.490 e. The summed E-state index contributed by atoms with van der Waals surface area (Å²) in [6.45, 7) is 7.83. The fourth-order valence-corrected chi connectivity index (χ4v) is 2.84. The zero-order valence-electron chi connectivity index (χ0n) is 16.8. The first-order chi connectivity index (χ1) is 13.4. The molecule has 0 radical (unpaired) electrons. The van der Waals surface area contributed by atoms with E-state index in [1.165, 1.54) is 5.56 Å². The molecule has 0 saturated carbocycles. The van der Waals surface area contributed by atoms with Crippen LogP contribution >= 0.6 is 0 Å². The maximum atomic E-state index is 11.4. The van der Waals surface area contributed by atoms with Gasteiger partial charge in [-0.15, -0.1) is 0 Å². The molecule has 1 N–H and O–H groups in total. The fourth-order valence-electron chi connectivity index (χ4n) is 2.84. The fraction of sp³-hybridized carbons (Fsp3) is 0.391. The Labute approximate surface area is 167 Å². The third-order valence-electron chi connectivity index (χ3n) is 4.22. The molecule has 0 aliphatic carbocycles. The summed E-state index contributed by atoms with van der Waals surface area (Å²) >= 11 is 0. The van der Waals surface area contributed by atoms with Gasteiger partial charge in [0.1, 0.15) is 31.1 Å². The molecule has 2 aromatic rings. The summed E-state index contributed by atoms with van der Waals surface area (Å²) in [5.41, 5.74) is 2.19. The Morgan fingerprint density at radius 2 is 1.61 bits per heavy atom. The standard InChI is InChI=1S/C23H28N2O3/c1-23(2,3)19-9-5-7-11-21(19)28-17-16-27-20-10-6-4-8-18(20)13-15-25-22(26)12-14-24/h4-11H,12-13,15-17H2,1-3H3,(H,25,26). The lowest BCUT2D eigenvalue weighted by molar-refractivity contribution is -0.120.